The predicted octanol–water partition coefficient (Wildman–Crippen LogP) is 5.20. The molecule has 0 aliphatic carbocycles. The van der Waals surface area contributed by atoms with Gasteiger partial charge < -0.3 is 13.7 Å². The van der Waals surface area contributed by atoms with E-state index in [1.807, 2.05) is 26.0 Å². The molecule has 162 valence electrons. The van der Waals surface area contributed by atoms with E-state index in [1.54, 1.807) is 37.3 Å². The highest BCUT2D eigenvalue weighted by atomic mass is 35.5. The first-order valence-corrected chi connectivity index (χ1v) is 10.5. The molecule has 5 rings (SSSR count). The van der Waals surface area contributed by atoms with Gasteiger partial charge in [-0.2, -0.15) is 0 Å². The summed E-state index contributed by atoms with van der Waals surface area (Å²) in [5.41, 5.74) is 1.71. The molecule has 7 nitrogen and oxygen atoms in total. The lowest BCUT2D eigenvalue weighted by Gasteiger charge is -2.22. The molecule has 0 fully saturated rings. The minimum absolute atomic E-state index is 0.0104. The summed E-state index contributed by atoms with van der Waals surface area (Å²) in [6, 6.07) is 11.4. The van der Waals surface area contributed by atoms with E-state index < -0.39 is 11.9 Å². The van der Waals surface area contributed by atoms with Gasteiger partial charge in [-0.15, -0.1) is 0 Å². The highest BCUT2D eigenvalue weighted by molar-refractivity contribution is 6.32. The normalized spacial score (nSPS) is 15.4. The number of nitrogens with zero attached hydrogens (tertiary/aromatic N) is 2. The summed E-state index contributed by atoms with van der Waals surface area (Å²) in [5.74, 6) is 1.07. The van der Waals surface area contributed by atoms with Gasteiger partial charge in [0.25, 0.3) is 5.91 Å². The van der Waals surface area contributed by atoms with Crippen LogP contribution in [-0.4, -0.2) is 17.7 Å². The lowest BCUT2D eigenvalue weighted by Crippen LogP contribution is -2.29. The van der Waals surface area contributed by atoms with Crippen molar-refractivity contribution in [3.8, 4) is 5.75 Å². The van der Waals surface area contributed by atoms with Gasteiger partial charge in [0.15, 0.2) is 11.2 Å². The first kappa shape index (κ1) is 20.3. The third-order valence-electron chi connectivity index (χ3n) is 5.52. The Kier molecular flexibility index (Phi) is 4.78. The van der Waals surface area contributed by atoms with Gasteiger partial charge in [0.2, 0.25) is 5.76 Å². The van der Waals surface area contributed by atoms with E-state index in [4.69, 9.17) is 25.3 Å². The molecule has 0 unspecified atom stereocenters. The summed E-state index contributed by atoms with van der Waals surface area (Å²) in [7, 11) is 0. The maximum absolute atomic E-state index is 13.6. The minimum Gasteiger partial charge on any atom is -0.494 e. The quantitative estimate of drug-likeness (QED) is 0.424. The van der Waals surface area contributed by atoms with Crippen LogP contribution in [0.15, 0.2) is 56.2 Å². The summed E-state index contributed by atoms with van der Waals surface area (Å²) in [5, 5.41) is 4.80. The molecule has 2 aromatic heterocycles. The van der Waals surface area contributed by atoms with Crippen molar-refractivity contribution in [2.24, 2.45) is 0 Å². The average Bonchev–Trinajstić information content (AvgIpc) is 3.32. The third-order valence-corrected chi connectivity index (χ3v) is 5.93. The highest BCUT2D eigenvalue weighted by Gasteiger charge is 2.45. The molecule has 3 heterocycles. The van der Waals surface area contributed by atoms with Gasteiger partial charge in [0, 0.05) is 11.1 Å². The smallest absolute Gasteiger partial charge is 0.296 e. The minimum atomic E-state index is -0.738. The van der Waals surface area contributed by atoms with E-state index in [1.165, 1.54) is 4.90 Å². The predicted molar refractivity (Wildman–Crippen MR) is 120 cm³/mol. The van der Waals surface area contributed by atoms with E-state index >= 15 is 0 Å². The number of hydrogen-bond acceptors (Lipinski definition) is 6. The SMILES string of the molecule is CCOc1ccc([C@H]2c3c(oc4cc(C)c(Cl)cc4c3=O)C(=O)N2c2cc(C)on2)cc1. The van der Waals surface area contributed by atoms with Crippen LogP contribution < -0.4 is 15.1 Å². The molecule has 4 aromatic rings. The Hall–Kier alpha value is -3.58. The molecule has 0 bridgehead atoms. The monoisotopic (exact) mass is 450 g/mol. The van der Waals surface area contributed by atoms with Crippen LogP contribution in [0.1, 0.15) is 46.0 Å². The average molecular weight is 451 g/mol. The molecule has 0 spiro atoms. The molecule has 0 saturated heterocycles. The maximum Gasteiger partial charge on any atom is 0.296 e. The van der Waals surface area contributed by atoms with Gasteiger partial charge in [-0.3, -0.25) is 14.5 Å². The fourth-order valence-electron chi connectivity index (χ4n) is 4.02. The van der Waals surface area contributed by atoms with E-state index in [0.717, 1.165) is 5.56 Å². The Labute approximate surface area is 188 Å². The van der Waals surface area contributed by atoms with Crippen LogP contribution in [0.3, 0.4) is 0 Å². The van der Waals surface area contributed by atoms with Gasteiger partial charge in [-0.25, -0.2) is 0 Å². The van der Waals surface area contributed by atoms with E-state index in [0.29, 0.717) is 45.5 Å². The second kappa shape index (κ2) is 7.53. The number of ether oxygens (including phenoxy) is 1. The Bertz CT molecular complexity index is 1420. The zero-order chi connectivity index (χ0) is 22.6. The second-order valence-electron chi connectivity index (χ2n) is 7.65. The molecule has 1 amide bonds. The lowest BCUT2D eigenvalue weighted by atomic mass is 9.98. The van der Waals surface area contributed by atoms with Gasteiger partial charge in [0.05, 0.1) is 23.6 Å². The molecule has 2 aromatic carbocycles. The largest absolute Gasteiger partial charge is 0.494 e. The van der Waals surface area contributed by atoms with Crippen molar-refractivity contribution in [2.45, 2.75) is 26.8 Å². The number of fused-ring (bicyclic) bond motifs is 2. The number of halogens is 1. The van der Waals surface area contributed by atoms with Crippen molar-refractivity contribution >= 4 is 34.3 Å². The standard InChI is InChI=1S/C24H19ClN2O5/c1-4-30-15-7-5-14(6-8-15)21-20-22(28)16-11-17(25)12(2)9-18(16)31-23(20)24(29)27(21)19-10-13(3)32-26-19/h5-11,21H,4H2,1-3H3/t21-/m0/s1. The van der Waals surface area contributed by atoms with Crippen LogP contribution in [0.2, 0.25) is 5.02 Å². The molecule has 1 atom stereocenters. The van der Waals surface area contributed by atoms with Crippen LogP contribution >= 0.6 is 11.6 Å². The molecule has 8 heteroatoms. The van der Waals surface area contributed by atoms with Crippen LogP contribution in [0.25, 0.3) is 11.0 Å². The molecule has 0 N–H and O–H groups in total. The number of hydrogen-bond donors (Lipinski definition) is 0. The zero-order valence-corrected chi connectivity index (χ0v) is 18.4. The first-order chi connectivity index (χ1) is 15.4. The molecule has 0 saturated carbocycles. The van der Waals surface area contributed by atoms with Crippen molar-refractivity contribution < 1.29 is 18.5 Å². The van der Waals surface area contributed by atoms with Gasteiger partial charge in [0.1, 0.15) is 17.1 Å². The summed E-state index contributed by atoms with van der Waals surface area (Å²) >= 11 is 6.27. The van der Waals surface area contributed by atoms with E-state index in [9.17, 15) is 9.59 Å². The van der Waals surface area contributed by atoms with Crippen LogP contribution in [-0.2, 0) is 0 Å². The Morgan fingerprint density at radius 3 is 2.53 bits per heavy atom. The summed E-state index contributed by atoms with van der Waals surface area (Å²) < 4.78 is 16.7. The van der Waals surface area contributed by atoms with Crippen LogP contribution in [0.5, 0.6) is 5.75 Å². The number of amides is 1. The number of carbonyl (C=O) groups excluding carboxylic acids is 1. The second-order valence-corrected chi connectivity index (χ2v) is 8.05. The van der Waals surface area contributed by atoms with Crippen molar-refractivity contribution in [1.29, 1.82) is 0 Å². The van der Waals surface area contributed by atoms with Crippen molar-refractivity contribution in [2.75, 3.05) is 11.5 Å². The highest BCUT2D eigenvalue weighted by Crippen LogP contribution is 2.41. The van der Waals surface area contributed by atoms with Crippen LogP contribution in [0, 0.1) is 13.8 Å². The number of aromatic nitrogens is 1. The molecule has 1 aliphatic rings. The molecular weight excluding hydrogens is 432 g/mol. The molecule has 1 aliphatic heterocycles. The zero-order valence-electron chi connectivity index (χ0n) is 17.6. The molecular formula is C24H19ClN2O5. The number of anilines is 1. The van der Waals surface area contributed by atoms with E-state index in [-0.39, 0.29) is 16.8 Å². The Morgan fingerprint density at radius 1 is 1.12 bits per heavy atom. The number of benzene rings is 2. The van der Waals surface area contributed by atoms with Gasteiger partial charge in [-0.1, -0.05) is 28.9 Å². The third kappa shape index (κ3) is 3.08. The summed E-state index contributed by atoms with van der Waals surface area (Å²) in [6.07, 6.45) is 0. The number of carbonyl (C=O) groups is 1. The summed E-state index contributed by atoms with van der Waals surface area (Å²) in [6.45, 7) is 5.98. The Balaban J connectivity index is 1.77. The lowest BCUT2D eigenvalue weighted by molar-refractivity contribution is 0.0969. The fourth-order valence-corrected chi connectivity index (χ4v) is 4.19. The van der Waals surface area contributed by atoms with Crippen molar-refractivity contribution in [1.82, 2.24) is 5.16 Å². The fraction of sp³-hybridized carbons (Fsp3) is 0.208. The molecule has 0 radical (unpaired) electrons. The topological polar surface area (TPSA) is 85.8 Å². The first-order valence-electron chi connectivity index (χ1n) is 10.2. The van der Waals surface area contributed by atoms with E-state index in [2.05, 4.69) is 5.16 Å². The number of aryl methyl sites for hydroxylation is 2. The van der Waals surface area contributed by atoms with Crippen molar-refractivity contribution in [3.05, 3.63) is 85.9 Å². The van der Waals surface area contributed by atoms with Crippen molar-refractivity contribution in [3.63, 3.8) is 0 Å². The maximum atomic E-state index is 13.6. The number of rotatable bonds is 4. The summed E-state index contributed by atoms with van der Waals surface area (Å²) in [4.78, 5) is 28.5. The van der Waals surface area contributed by atoms with Gasteiger partial charge in [-0.05, 0) is 56.2 Å². The van der Waals surface area contributed by atoms with Gasteiger partial charge >= 0.3 is 0 Å². The van der Waals surface area contributed by atoms with Crippen LogP contribution in [0.4, 0.5) is 5.82 Å². The Morgan fingerprint density at radius 2 is 1.88 bits per heavy atom. The molecule has 32 heavy (non-hydrogen) atoms.